The van der Waals surface area contributed by atoms with E-state index >= 15 is 0 Å². The molecule has 5 heteroatoms. The molecular weight excluding hydrogens is 238 g/mol. The average Bonchev–Trinajstić information content (AvgIpc) is 2.68. The van der Waals surface area contributed by atoms with E-state index in [9.17, 15) is 4.21 Å². The number of aromatic nitrogens is 1. The Hall–Kier alpha value is -1.85. The SMILES string of the molecule is O=S(O)Oc1cccc2c1[nH]c1ccccc12. The molecule has 2 aromatic carbocycles. The average molecular weight is 247 g/mol. The lowest BCUT2D eigenvalue weighted by Crippen LogP contribution is -1.97. The molecule has 2 N–H and O–H groups in total. The van der Waals surface area contributed by atoms with Gasteiger partial charge in [-0.15, -0.1) is 0 Å². The number of benzene rings is 2. The van der Waals surface area contributed by atoms with Gasteiger partial charge in [0.25, 0.3) is 0 Å². The Morgan fingerprint density at radius 2 is 1.82 bits per heavy atom. The maximum atomic E-state index is 10.7. The molecule has 3 aromatic rings. The molecule has 0 aliphatic rings. The van der Waals surface area contributed by atoms with Crippen LogP contribution in [0, 0.1) is 0 Å². The van der Waals surface area contributed by atoms with E-state index in [1.165, 1.54) is 0 Å². The van der Waals surface area contributed by atoms with Gasteiger partial charge in [-0.25, -0.2) is 0 Å². The van der Waals surface area contributed by atoms with E-state index in [1.54, 1.807) is 12.1 Å². The van der Waals surface area contributed by atoms with Gasteiger partial charge in [0.1, 0.15) is 0 Å². The molecule has 0 aliphatic carbocycles. The molecule has 0 radical (unpaired) electrons. The second kappa shape index (κ2) is 3.87. The van der Waals surface area contributed by atoms with Crippen LogP contribution in [0.25, 0.3) is 21.8 Å². The number of hydrogen-bond donors (Lipinski definition) is 2. The van der Waals surface area contributed by atoms with Crippen LogP contribution >= 0.6 is 0 Å². The van der Waals surface area contributed by atoms with E-state index in [1.807, 2.05) is 30.3 Å². The first-order valence-electron chi connectivity index (χ1n) is 5.04. The van der Waals surface area contributed by atoms with E-state index in [-0.39, 0.29) is 0 Å². The Bertz CT molecular complexity index is 720. The Morgan fingerprint density at radius 1 is 1.06 bits per heavy atom. The van der Waals surface area contributed by atoms with Crippen LogP contribution in [-0.4, -0.2) is 13.7 Å². The maximum absolute atomic E-state index is 10.7. The lowest BCUT2D eigenvalue weighted by molar-refractivity contribution is 0.460. The summed E-state index contributed by atoms with van der Waals surface area (Å²) in [6.45, 7) is 0. The second-order valence-electron chi connectivity index (χ2n) is 3.65. The summed E-state index contributed by atoms with van der Waals surface area (Å²) in [4.78, 5) is 3.18. The first kappa shape index (κ1) is 10.3. The van der Waals surface area contributed by atoms with Gasteiger partial charge in [-0.3, -0.25) is 4.55 Å². The van der Waals surface area contributed by atoms with Gasteiger partial charge in [0.05, 0.1) is 5.52 Å². The summed E-state index contributed by atoms with van der Waals surface area (Å²) >= 11 is -2.31. The monoisotopic (exact) mass is 247 g/mol. The summed E-state index contributed by atoms with van der Waals surface area (Å²) < 4.78 is 24.3. The molecule has 0 spiro atoms. The molecule has 1 atom stereocenters. The molecule has 17 heavy (non-hydrogen) atoms. The molecule has 3 rings (SSSR count). The zero-order valence-electron chi connectivity index (χ0n) is 8.71. The minimum Gasteiger partial charge on any atom is -0.378 e. The van der Waals surface area contributed by atoms with Crippen molar-refractivity contribution >= 4 is 33.2 Å². The molecule has 1 heterocycles. The van der Waals surface area contributed by atoms with Gasteiger partial charge >= 0.3 is 11.4 Å². The lowest BCUT2D eigenvalue weighted by Gasteiger charge is -2.00. The predicted molar refractivity (Wildman–Crippen MR) is 67.2 cm³/mol. The van der Waals surface area contributed by atoms with Crippen molar-refractivity contribution in [2.45, 2.75) is 0 Å². The van der Waals surface area contributed by atoms with Crippen molar-refractivity contribution in [3.05, 3.63) is 42.5 Å². The van der Waals surface area contributed by atoms with Crippen LogP contribution < -0.4 is 4.18 Å². The Morgan fingerprint density at radius 3 is 2.65 bits per heavy atom. The highest BCUT2D eigenvalue weighted by atomic mass is 32.2. The molecule has 0 aliphatic heterocycles. The Balaban J connectivity index is 2.35. The summed E-state index contributed by atoms with van der Waals surface area (Å²) in [6.07, 6.45) is 0. The van der Waals surface area contributed by atoms with Crippen molar-refractivity contribution in [2.75, 3.05) is 0 Å². The molecule has 0 saturated carbocycles. The Kier molecular flexibility index (Phi) is 2.35. The first-order chi connectivity index (χ1) is 8.25. The first-order valence-corrected chi connectivity index (χ1v) is 6.07. The molecule has 4 nitrogen and oxygen atoms in total. The van der Waals surface area contributed by atoms with Gasteiger partial charge in [-0.2, -0.15) is 4.21 Å². The largest absolute Gasteiger partial charge is 0.378 e. The van der Waals surface area contributed by atoms with Crippen LogP contribution in [0.2, 0.25) is 0 Å². The number of aromatic amines is 1. The third-order valence-electron chi connectivity index (χ3n) is 2.66. The minimum absolute atomic E-state index is 0.375. The quantitative estimate of drug-likeness (QED) is 0.684. The molecule has 86 valence electrons. The van der Waals surface area contributed by atoms with Crippen molar-refractivity contribution in [2.24, 2.45) is 0 Å². The van der Waals surface area contributed by atoms with Crippen molar-refractivity contribution in [3.8, 4) is 5.75 Å². The van der Waals surface area contributed by atoms with E-state index in [0.29, 0.717) is 5.75 Å². The predicted octanol–water partition coefficient (Wildman–Crippen LogP) is 2.84. The molecular formula is C12H9NO3S. The van der Waals surface area contributed by atoms with Gasteiger partial charge < -0.3 is 9.17 Å². The maximum Gasteiger partial charge on any atom is 0.357 e. The highest BCUT2D eigenvalue weighted by molar-refractivity contribution is 7.74. The second-order valence-corrected chi connectivity index (χ2v) is 4.25. The van der Waals surface area contributed by atoms with E-state index in [0.717, 1.165) is 21.8 Å². The standard InChI is InChI=1S/C12H9NO3S/c14-17(15)16-11-7-3-5-9-8-4-1-2-6-10(8)13-12(9)11/h1-7,13H,(H,14,15). The van der Waals surface area contributed by atoms with Crippen LogP contribution in [-0.2, 0) is 11.4 Å². The van der Waals surface area contributed by atoms with E-state index in [2.05, 4.69) is 4.98 Å². The fourth-order valence-corrected chi connectivity index (χ4v) is 2.28. The van der Waals surface area contributed by atoms with Gasteiger partial charge in [0.15, 0.2) is 5.75 Å². The summed E-state index contributed by atoms with van der Waals surface area (Å²) in [5, 5.41) is 2.04. The molecule has 0 bridgehead atoms. The number of para-hydroxylation sites is 2. The zero-order chi connectivity index (χ0) is 11.8. The van der Waals surface area contributed by atoms with Crippen molar-refractivity contribution in [1.29, 1.82) is 0 Å². The van der Waals surface area contributed by atoms with Crippen LogP contribution in [0.5, 0.6) is 5.75 Å². The van der Waals surface area contributed by atoms with Gasteiger partial charge in [0.2, 0.25) is 0 Å². The topological polar surface area (TPSA) is 62.3 Å². The third-order valence-corrected chi connectivity index (χ3v) is 2.99. The normalized spacial score (nSPS) is 13.0. The number of hydrogen-bond acceptors (Lipinski definition) is 2. The molecule has 0 amide bonds. The van der Waals surface area contributed by atoms with Gasteiger partial charge in [0, 0.05) is 16.3 Å². The van der Waals surface area contributed by atoms with E-state index < -0.39 is 11.4 Å². The smallest absolute Gasteiger partial charge is 0.357 e. The minimum atomic E-state index is -2.31. The fourth-order valence-electron chi connectivity index (χ4n) is 1.99. The van der Waals surface area contributed by atoms with Gasteiger partial charge in [-0.1, -0.05) is 30.3 Å². The van der Waals surface area contributed by atoms with Crippen LogP contribution in [0.3, 0.4) is 0 Å². The fraction of sp³-hybridized carbons (Fsp3) is 0. The number of fused-ring (bicyclic) bond motifs is 3. The lowest BCUT2D eigenvalue weighted by atomic mass is 10.1. The molecule has 1 aromatic heterocycles. The van der Waals surface area contributed by atoms with Crippen LogP contribution in [0.1, 0.15) is 0 Å². The van der Waals surface area contributed by atoms with Crippen molar-refractivity contribution < 1.29 is 12.9 Å². The molecule has 0 fully saturated rings. The van der Waals surface area contributed by atoms with Crippen LogP contribution in [0.4, 0.5) is 0 Å². The summed E-state index contributed by atoms with van der Waals surface area (Å²) in [5.74, 6) is 0.375. The Labute approximate surface area is 99.7 Å². The molecule has 1 unspecified atom stereocenters. The van der Waals surface area contributed by atoms with Crippen molar-refractivity contribution in [1.82, 2.24) is 4.98 Å². The highest BCUT2D eigenvalue weighted by Gasteiger charge is 2.09. The summed E-state index contributed by atoms with van der Waals surface area (Å²) in [7, 11) is 0. The van der Waals surface area contributed by atoms with Crippen LogP contribution in [0.15, 0.2) is 42.5 Å². The number of nitrogens with one attached hydrogen (secondary N) is 1. The third kappa shape index (κ3) is 1.69. The zero-order valence-corrected chi connectivity index (χ0v) is 9.53. The number of rotatable bonds is 2. The molecule has 0 saturated heterocycles. The van der Waals surface area contributed by atoms with E-state index in [4.69, 9.17) is 8.74 Å². The number of H-pyrrole nitrogens is 1. The summed E-state index contributed by atoms with van der Waals surface area (Å²) in [6, 6.07) is 13.2. The summed E-state index contributed by atoms with van der Waals surface area (Å²) in [5.41, 5.74) is 1.71. The highest BCUT2D eigenvalue weighted by Crippen LogP contribution is 2.31. The van der Waals surface area contributed by atoms with Crippen molar-refractivity contribution in [3.63, 3.8) is 0 Å². The van der Waals surface area contributed by atoms with Gasteiger partial charge in [-0.05, 0) is 12.1 Å².